The minimum Gasteiger partial charge on any atom is -0.330 e. The van der Waals surface area contributed by atoms with Crippen LogP contribution in [0.15, 0.2) is 60.9 Å². The molecule has 27 heavy (non-hydrogen) atoms. The summed E-state index contributed by atoms with van der Waals surface area (Å²) in [6, 6.07) is 16.3. The molecule has 1 fully saturated rings. The molecule has 0 unspecified atom stereocenters. The van der Waals surface area contributed by atoms with Crippen molar-refractivity contribution in [2.24, 2.45) is 7.05 Å². The van der Waals surface area contributed by atoms with Gasteiger partial charge in [0, 0.05) is 30.7 Å². The summed E-state index contributed by atoms with van der Waals surface area (Å²) in [7, 11) is 1.90. The van der Waals surface area contributed by atoms with Gasteiger partial charge < -0.3 is 9.47 Å². The van der Waals surface area contributed by atoms with Crippen molar-refractivity contribution in [3.05, 3.63) is 72.2 Å². The van der Waals surface area contributed by atoms with Crippen LogP contribution < -0.4 is 0 Å². The van der Waals surface area contributed by atoms with Gasteiger partial charge in [0.15, 0.2) is 0 Å². The molecule has 1 N–H and O–H groups in total. The van der Waals surface area contributed by atoms with E-state index in [0.29, 0.717) is 5.69 Å². The van der Waals surface area contributed by atoms with Gasteiger partial charge in [-0.2, -0.15) is 5.10 Å². The van der Waals surface area contributed by atoms with Crippen LogP contribution in [-0.2, 0) is 7.05 Å². The molecule has 4 heterocycles. The molecule has 4 aromatic rings. The summed E-state index contributed by atoms with van der Waals surface area (Å²) >= 11 is 0. The monoisotopic (exact) mass is 357 g/mol. The van der Waals surface area contributed by atoms with Crippen LogP contribution in [0, 0.1) is 0 Å². The molecule has 1 saturated heterocycles. The van der Waals surface area contributed by atoms with Crippen LogP contribution in [0.5, 0.6) is 0 Å². The third kappa shape index (κ3) is 2.52. The van der Waals surface area contributed by atoms with Crippen LogP contribution in [0.4, 0.5) is 0 Å². The molecule has 0 aliphatic carbocycles. The van der Waals surface area contributed by atoms with Gasteiger partial charge in [-0.1, -0.05) is 30.3 Å². The Morgan fingerprint density at radius 1 is 1.19 bits per heavy atom. The Morgan fingerprint density at radius 2 is 2.04 bits per heavy atom. The number of nitrogens with one attached hydrogen (secondary N) is 1. The van der Waals surface area contributed by atoms with E-state index in [1.807, 2.05) is 59.1 Å². The van der Waals surface area contributed by atoms with Gasteiger partial charge in [-0.25, -0.2) is 4.98 Å². The Kier molecular flexibility index (Phi) is 3.57. The van der Waals surface area contributed by atoms with Gasteiger partial charge in [0.05, 0.1) is 17.9 Å². The van der Waals surface area contributed by atoms with Gasteiger partial charge in [0.25, 0.3) is 5.91 Å². The second-order valence-electron chi connectivity index (χ2n) is 6.90. The first kappa shape index (κ1) is 15.8. The minimum absolute atomic E-state index is 0.0560. The van der Waals surface area contributed by atoms with E-state index < -0.39 is 0 Å². The van der Waals surface area contributed by atoms with Crippen LogP contribution in [0.2, 0.25) is 0 Å². The van der Waals surface area contributed by atoms with Crippen molar-refractivity contribution < 1.29 is 4.79 Å². The maximum atomic E-state index is 13.2. The highest BCUT2D eigenvalue weighted by Crippen LogP contribution is 2.35. The molecule has 1 aromatic carbocycles. The van der Waals surface area contributed by atoms with Gasteiger partial charge in [0.2, 0.25) is 0 Å². The molecule has 0 spiro atoms. The summed E-state index contributed by atoms with van der Waals surface area (Å²) in [6.07, 6.45) is 4.56. The van der Waals surface area contributed by atoms with Gasteiger partial charge in [-0.05, 0) is 30.2 Å². The summed E-state index contributed by atoms with van der Waals surface area (Å²) in [5, 5.41) is 7.75. The van der Waals surface area contributed by atoms with E-state index in [9.17, 15) is 4.79 Å². The molecule has 134 valence electrons. The number of benzene rings is 1. The van der Waals surface area contributed by atoms with Crippen molar-refractivity contribution in [3.8, 4) is 11.3 Å². The molecule has 6 heteroatoms. The van der Waals surface area contributed by atoms with Crippen molar-refractivity contribution in [1.29, 1.82) is 0 Å². The first-order valence-corrected chi connectivity index (χ1v) is 9.04. The summed E-state index contributed by atoms with van der Waals surface area (Å²) < 4.78 is 1.89. The zero-order valence-corrected chi connectivity index (χ0v) is 15.0. The fourth-order valence-corrected chi connectivity index (χ4v) is 3.75. The predicted octanol–water partition coefficient (Wildman–Crippen LogP) is 3.55. The number of aryl methyl sites for hydroxylation is 1. The van der Waals surface area contributed by atoms with Crippen molar-refractivity contribution >= 4 is 16.9 Å². The fourth-order valence-electron chi connectivity index (χ4n) is 3.75. The van der Waals surface area contributed by atoms with E-state index in [1.165, 1.54) is 5.56 Å². The lowest BCUT2D eigenvalue weighted by molar-refractivity contribution is 0.0451. The van der Waals surface area contributed by atoms with Crippen LogP contribution in [-0.4, -0.2) is 37.1 Å². The lowest BCUT2D eigenvalue weighted by Gasteiger charge is -2.41. The largest absolute Gasteiger partial charge is 0.330 e. The minimum atomic E-state index is 0.0560. The molecule has 0 bridgehead atoms. The summed E-state index contributed by atoms with van der Waals surface area (Å²) in [6.45, 7) is 0.785. The quantitative estimate of drug-likeness (QED) is 0.610. The van der Waals surface area contributed by atoms with Crippen LogP contribution >= 0.6 is 0 Å². The Morgan fingerprint density at radius 3 is 2.74 bits per heavy atom. The molecular weight excluding hydrogens is 338 g/mol. The molecule has 1 aliphatic heterocycles. The smallest absolute Gasteiger partial charge is 0.271 e. The maximum absolute atomic E-state index is 13.2. The van der Waals surface area contributed by atoms with E-state index in [-0.39, 0.29) is 11.9 Å². The van der Waals surface area contributed by atoms with Crippen LogP contribution in [0.25, 0.3) is 22.3 Å². The maximum Gasteiger partial charge on any atom is 0.271 e. The highest BCUT2D eigenvalue weighted by Gasteiger charge is 2.35. The van der Waals surface area contributed by atoms with E-state index in [2.05, 4.69) is 22.3 Å². The van der Waals surface area contributed by atoms with Crippen molar-refractivity contribution in [2.75, 3.05) is 6.54 Å². The third-order valence-electron chi connectivity index (χ3n) is 5.35. The highest BCUT2D eigenvalue weighted by atomic mass is 16.2. The number of hydrogen-bond donors (Lipinski definition) is 1. The number of carbonyl (C=O) groups excluding carboxylic acids is 1. The standard InChI is InChI=1S/C21H19N5O/c1-25-19(21(27)26-10-9-18(26)14-5-3-2-4-6-14)11-15-7-8-17(24-20(15)25)16-12-22-23-13-16/h2-8,11-13,18H,9-10H2,1H3,(H,22,23)/t18-/m1/s1. The molecule has 0 radical (unpaired) electrons. The highest BCUT2D eigenvalue weighted by molar-refractivity contribution is 5.98. The van der Waals surface area contributed by atoms with Gasteiger partial charge >= 0.3 is 0 Å². The molecule has 5 rings (SSSR count). The van der Waals surface area contributed by atoms with E-state index in [4.69, 9.17) is 4.98 Å². The fraction of sp³-hybridized carbons (Fsp3) is 0.190. The number of aromatic nitrogens is 4. The summed E-state index contributed by atoms with van der Waals surface area (Å²) in [4.78, 5) is 19.9. The normalized spacial score (nSPS) is 16.5. The average molecular weight is 357 g/mol. The van der Waals surface area contributed by atoms with Crippen LogP contribution in [0.1, 0.15) is 28.5 Å². The molecule has 1 amide bonds. The molecule has 3 aromatic heterocycles. The number of hydrogen-bond acceptors (Lipinski definition) is 3. The zero-order chi connectivity index (χ0) is 18.4. The first-order chi connectivity index (χ1) is 13.2. The van der Waals surface area contributed by atoms with Crippen molar-refractivity contribution in [2.45, 2.75) is 12.5 Å². The molecule has 0 saturated carbocycles. The lowest BCUT2D eigenvalue weighted by atomic mass is 9.94. The van der Waals surface area contributed by atoms with Gasteiger partial charge in [0.1, 0.15) is 11.3 Å². The second kappa shape index (κ2) is 6.09. The number of amides is 1. The molecular formula is C21H19N5O. The van der Waals surface area contributed by atoms with Crippen molar-refractivity contribution in [3.63, 3.8) is 0 Å². The number of carbonyl (C=O) groups is 1. The van der Waals surface area contributed by atoms with Gasteiger partial charge in [-0.3, -0.25) is 9.89 Å². The van der Waals surface area contributed by atoms with Crippen molar-refractivity contribution in [1.82, 2.24) is 24.6 Å². The number of rotatable bonds is 3. The number of likely N-dealkylation sites (tertiary alicyclic amines) is 1. The Bertz CT molecular complexity index is 1110. The van der Waals surface area contributed by atoms with E-state index in [0.717, 1.165) is 35.3 Å². The molecule has 1 aliphatic rings. The Balaban J connectivity index is 1.49. The molecule has 1 atom stereocenters. The van der Waals surface area contributed by atoms with E-state index in [1.54, 1.807) is 6.20 Å². The zero-order valence-electron chi connectivity index (χ0n) is 15.0. The number of pyridine rings is 1. The second-order valence-corrected chi connectivity index (χ2v) is 6.90. The third-order valence-corrected chi connectivity index (χ3v) is 5.35. The number of fused-ring (bicyclic) bond motifs is 1. The Labute approximate surface area is 156 Å². The number of aromatic amines is 1. The average Bonchev–Trinajstić information content (AvgIpc) is 3.30. The Hall–Kier alpha value is -3.41. The summed E-state index contributed by atoms with van der Waals surface area (Å²) in [5.74, 6) is 0.0560. The topological polar surface area (TPSA) is 66.8 Å². The van der Waals surface area contributed by atoms with Gasteiger partial charge in [-0.15, -0.1) is 0 Å². The predicted molar refractivity (Wildman–Crippen MR) is 103 cm³/mol. The van der Waals surface area contributed by atoms with Crippen LogP contribution in [0.3, 0.4) is 0 Å². The number of nitrogens with zero attached hydrogens (tertiary/aromatic N) is 4. The summed E-state index contributed by atoms with van der Waals surface area (Å²) in [5.41, 5.74) is 4.42. The van der Waals surface area contributed by atoms with E-state index >= 15 is 0 Å². The SMILES string of the molecule is Cn1c(C(=O)N2CC[C@@H]2c2ccccc2)cc2ccc(-c3cn[nH]c3)nc21. The lowest BCUT2D eigenvalue weighted by Crippen LogP contribution is -2.45. The molecule has 6 nitrogen and oxygen atoms in total. The number of H-pyrrole nitrogens is 1. The first-order valence-electron chi connectivity index (χ1n) is 9.04.